The number of nitrogens with zero attached hydrogens (tertiary/aromatic N) is 2. The van der Waals surface area contributed by atoms with Gasteiger partial charge in [0.1, 0.15) is 21.5 Å². The number of phenols is 1. The summed E-state index contributed by atoms with van der Waals surface area (Å²) in [6.45, 7) is 0. The molecule has 0 atom stereocenters. The summed E-state index contributed by atoms with van der Waals surface area (Å²) in [6.07, 6.45) is 0. The van der Waals surface area contributed by atoms with Gasteiger partial charge in [-0.25, -0.2) is 8.42 Å². The van der Waals surface area contributed by atoms with Crippen LogP contribution in [0.25, 0.3) is 10.8 Å². The van der Waals surface area contributed by atoms with Crippen LogP contribution in [-0.4, -0.2) is 18.1 Å². The molecule has 0 spiro atoms. The summed E-state index contributed by atoms with van der Waals surface area (Å²) < 4.78 is 34.5. The predicted molar refractivity (Wildman–Crippen MR) is 89.2 cm³/mol. The molecule has 0 heterocycles. The van der Waals surface area contributed by atoms with E-state index in [1.807, 2.05) is 0 Å². The number of hydrogen-bond donors (Lipinski definition) is 1. The summed E-state index contributed by atoms with van der Waals surface area (Å²) in [7, 11) is -4.75. The molecule has 0 bridgehead atoms. The zero-order valence-electron chi connectivity index (χ0n) is 13.0. The van der Waals surface area contributed by atoms with Crippen molar-refractivity contribution in [3.63, 3.8) is 0 Å². The third-order valence-electron chi connectivity index (χ3n) is 3.35. The van der Waals surface area contributed by atoms with E-state index >= 15 is 0 Å². The molecular weight excluding hydrogens is 375 g/mol. The second kappa shape index (κ2) is 7.82. The number of hydrogen-bond acceptors (Lipinski definition) is 6. The smallest absolute Gasteiger partial charge is 0.744 e. The normalized spacial score (nSPS) is 11.6. The van der Waals surface area contributed by atoms with E-state index in [-0.39, 0.29) is 51.8 Å². The minimum atomic E-state index is -4.75. The average Bonchev–Trinajstić information content (AvgIpc) is 2.54. The average molecular weight is 385 g/mol. The second-order valence-electron chi connectivity index (χ2n) is 4.89. The van der Waals surface area contributed by atoms with Crippen LogP contribution in [0.2, 0.25) is 5.02 Å². The van der Waals surface area contributed by atoms with Gasteiger partial charge in [-0.1, -0.05) is 48.0 Å². The van der Waals surface area contributed by atoms with E-state index in [0.717, 1.165) is 6.07 Å². The van der Waals surface area contributed by atoms with Crippen molar-refractivity contribution in [3.05, 3.63) is 59.6 Å². The minimum absolute atomic E-state index is 0. The van der Waals surface area contributed by atoms with Crippen molar-refractivity contribution in [1.29, 1.82) is 0 Å². The van der Waals surface area contributed by atoms with Crippen LogP contribution in [0.1, 0.15) is 0 Å². The van der Waals surface area contributed by atoms with Gasteiger partial charge in [0.05, 0.1) is 9.92 Å². The monoisotopic (exact) mass is 384 g/mol. The van der Waals surface area contributed by atoms with Gasteiger partial charge in [0.2, 0.25) is 0 Å². The standard InChI is InChI=1S/C16H11ClN2O4S.Na/c17-12-7-3-4-8-13(12)18-19-14-9-15(24(21,22)23)10-5-1-2-6-11(10)16(14)20;/h1-9,20H,(H,21,22,23);/q;+1/p-1. The van der Waals surface area contributed by atoms with Crippen molar-refractivity contribution in [2.24, 2.45) is 10.2 Å². The molecule has 25 heavy (non-hydrogen) atoms. The molecule has 0 aliphatic carbocycles. The molecule has 0 unspecified atom stereocenters. The van der Waals surface area contributed by atoms with Gasteiger partial charge in [-0.15, -0.1) is 10.2 Å². The number of phenolic OH excluding ortho intramolecular Hbond substituents is 1. The van der Waals surface area contributed by atoms with Gasteiger partial charge in [0, 0.05) is 10.8 Å². The third kappa shape index (κ3) is 4.20. The van der Waals surface area contributed by atoms with E-state index in [1.54, 1.807) is 36.4 Å². The van der Waals surface area contributed by atoms with Gasteiger partial charge in [0.15, 0.2) is 5.75 Å². The summed E-state index contributed by atoms with van der Waals surface area (Å²) in [4.78, 5) is -0.469. The molecule has 0 aromatic heterocycles. The Morgan fingerprint density at radius 2 is 1.48 bits per heavy atom. The van der Waals surface area contributed by atoms with Crippen LogP contribution in [0.4, 0.5) is 11.4 Å². The summed E-state index contributed by atoms with van der Waals surface area (Å²) in [5.74, 6) is -0.270. The van der Waals surface area contributed by atoms with Crippen molar-refractivity contribution in [2.75, 3.05) is 0 Å². The second-order valence-corrected chi connectivity index (χ2v) is 6.65. The predicted octanol–water partition coefficient (Wildman–Crippen LogP) is 1.52. The number of halogens is 1. The molecule has 0 aliphatic rings. The van der Waals surface area contributed by atoms with Gasteiger partial charge < -0.3 is 9.66 Å². The first kappa shape index (κ1) is 19.8. The number of rotatable bonds is 3. The van der Waals surface area contributed by atoms with Crippen molar-refractivity contribution >= 4 is 43.9 Å². The third-order valence-corrected chi connectivity index (χ3v) is 4.54. The molecule has 0 aliphatic heterocycles. The Morgan fingerprint density at radius 1 is 0.920 bits per heavy atom. The minimum Gasteiger partial charge on any atom is -0.744 e. The van der Waals surface area contributed by atoms with Gasteiger partial charge >= 0.3 is 29.6 Å². The number of azo groups is 1. The topological polar surface area (TPSA) is 102 Å². The summed E-state index contributed by atoms with van der Waals surface area (Å²) in [5, 5.41) is 18.7. The Morgan fingerprint density at radius 3 is 2.12 bits per heavy atom. The first-order chi connectivity index (χ1) is 11.4. The fraction of sp³-hybridized carbons (Fsp3) is 0. The molecule has 1 N–H and O–H groups in total. The maximum atomic E-state index is 11.5. The quantitative estimate of drug-likeness (QED) is 0.420. The van der Waals surface area contributed by atoms with Gasteiger partial charge in [-0.3, -0.25) is 0 Å². The molecule has 0 amide bonds. The maximum absolute atomic E-state index is 11.5. The van der Waals surface area contributed by atoms with E-state index in [1.165, 1.54) is 12.1 Å². The Labute approximate surface area is 171 Å². The first-order valence-corrected chi connectivity index (χ1v) is 8.53. The van der Waals surface area contributed by atoms with Crippen molar-refractivity contribution < 1.29 is 47.6 Å². The van der Waals surface area contributed by atoms with E-state index in [9.17, 15) is 18.1 Å². The molecule has 0 radical (unpaired) electrons. The molecule has 3 aromatic carbocycles. The first-order valence-electron chi connectivity index (χ1n) is 6.75. The molecule has 0 saturated heterocycles. The van der Waals surface area contributed by atoms with Crippen LogP contribution < -0.4 is 29.6 Å². The Bertz CT molecular complexity index is 1070. The van der Waals surface area contributed by atoms with Gasteiger partial charge in [-0.2, -0.15) is 0 Å². The van der Waals surface area contributed by atoms with Crippen LogP contribution in [0.15, 0.2) is 69.7 Å². The Kier molecular flexibility index (Phi) is 6.21. The maximum Gasteiger partial charge on any atom is 1.00 e. The van der Waals surface area contributed by atoms with Crippen molar-refractivity contribution in [2.45, 2.75) is 4.90 Å². The van der Waals surface area contributed by atoms with E-state index < -0.39 is 15.0 Å². The number of fused-ring (bicyclic) bond motifs is 1. The fourth-order valence-corrected chi connectivity index (χ4v) is 3.11. The SMILES string of the molecule is O=S(=O)([O-])c1cc(N=Nc2ccccc2Cl)c(O)c2ccccc12.[Na+]. The fourth-order valence-electron chi connectivity index (χ4n) is 2.24. The van der Waals surface area contributed by atoms with Crippen LogP contribution in [0, 0.1) is 0 Å². The number of aromatic hydroxyl groups is 1. The Hall–Kier alpha value is -1.48. The summed E-state index contributed by atoms with van der Waals surface area (Å²) >= 11 is 5.97. The summed E-state index contributed by atoms with van der Waals surface area (Å²) in [6, 6.07) is 13.8. The zero-order chi connectivity index (χ0) is 17.3. The molecule has 0 fully saturated rings. The molecular formula is C16H10ClN2NaO4S. The summed E-state index contributed by atoms with van der Waals surface area (Å²) in [5.41, 5.74) is 0.210. The molecule has 9 heteroatoms. The Balaban J connectivity index is 0.00000225. The van der Waals surface area contributed by atoms with Crippen LogP contribution in [0.3, 0.4) is 0 Å². The number of benzene rings is 3. The van der Waals surface area contributed by atoms with Crippen molar-refractivity contribution in [1.82, 2.24) is 0 Å². The van der Waals surface area contributed by atoms with E-state index in [2.05, 4.69) is 10.2 Å². The molecule has 3 rings (SSSR count). The van der Waals surface area contributed by atoms with Gasteiger partial charge in [0.25, 0.3) is 0 Å². The molecule has 122 valence electrons. The van der Waals surface area contributed by atoms with Crippen LogP contribution >= 0.6 is 11.6 Å². The molecule has 6 nitrogen and oxygen atoms in total. The van der Waals surface area contributed by atoms with Crippen molar-refractivity contribution in [3.8, 4) is 5.75 Å². The van der Waals surface area contributed by atoms with Crippen LogP contribution in [0.5, 0.6) is 5.75 Å². The van der Waals surface area contributed by atoms with E-state index in [4.69, 9.17) is 11.6 Å². The largest absolute Gasteiger partial charge is 1.00 e. The van der Waals surface area contributed by atoms with Crippen LogP contribution in [-0.2, 0) is 10.1 Å². The molecule has 3 aromatic rings. The van der Waals surface area contributed by atoms with Gasteiger partial charge in [-0.05, 0) is 18.2 Å². The van der Waals surface area contributed by atoms with E-state index in [0.29, 0.717) is 10.7 Å². The molecule has 0 saturated carbocycles. The zero-order valence-corrected chi connectivity index (χ0v) is 16.6.